The monoisotopic (exact) mass is 279 g/mol. The molecule has 1 rings (SSSR count). The number of ketones is 1. The number of ether oxygens (including phenoxy) is 2. The minimum atomic E-state index is 0.171. The van der Waals surface area contributed by atoms with Crippen LogP contribution in [0.15, 0.2) is 24.3 Å². The number of Topliss-reactive ketones (excluding diaryl/α,β-unsaturated/α-hetero) is 1. The van der Waals surface area contributed by atoms with Crippen molar-refractivity contribution in [3.8, 4) is 0 Å². The summed E-state index contributed by atoms with van der Waals surface area (Å²) in [6, 6.07) is 8.01. The van der Waals surface area contributed by atoms with E-state index in [1.54, 1.807) is 14.2 Å². The highest BCUT2D eigenvalue weighted by Crippen LogP contribution is 2.19. The Hall–Kier alpha value is -1.39. The zero-order valence-corrected chi connectivity index (χ0v) is 12.9. The van der Waals surface area contributed by atoms with Gasteiger partial charge in [0.25, 0.3) is 0 Å². The molecule has 1 atom stereocenters. The quantitative estimate of drug-likeness (QED) is 0.652. The molecule has 0 aliphatic heterocycles. The fourth-order valence-electron chi connectivity index (χ4n) is 2.17. The molecule has 0 aromatic heterocycles. The number of carbonyl (C=O) groups is 1. The fourth-order valence-corrected chi connectivity index (χ4v) is 2.17. The zero-order valence-electron chi connectivity index (χ0n) is 12.9. The van der Waals surface area contributed by atoms with E-state index in [4.69, 9.17) is 9.47 Å². The van der Waals surface area contributed by atoms with E-state index in [9.17, 15) is 4.79 Å². The van der Waals surface area contributed by atoms with Crippen molar-refractivity contribution in [3.05, 3.63) is 29.8 Å². The summed E-state index contributed by atoms with van der Waals surface area (Å²) in [6.07, 6.45) is 0.535. The molecule has 20 heavy (non-hydrogen) atoms. The molecular formula is C16H25NO3. The van der Waals surface area contributed by atoms with Crippen molar-refractivity contribution in [2.75, 3.05) is 38.9 Å². The SMILES string of the molecule is CCC(=O)c1ccc(N(CCOC)C(C)COC)cc1. The van der Waals surface area contributed by atoms with Gasteiger partial charge >= 0.3 is 0 Å². The summed E-state index contributed by atoms with van der Waals surface area (Å²) in [5, 5.41) is 0. The van der Waals surface area contributed by atoms with Gasteiger partial charge in [0.05, 0.1) is 13.2 Å². The Morgan fingerprint density at radius 2 is 1.85 bits per heavy atom. The maximum atomic E-state index is 11.6. The van der Waals surface area contributed by atoms with Crippen molar-refractivity contribution >= 4 is 11.5 Å². The highest BCUT2D eigenvalue weighted by Gasteiger charge is 2.14. The number of carbonyl (C=O) groups excluding carboxylic acids is 1. The van der Waals surface area contributed by atoms with Gasteiger partial charge in [-0.25, -0.2) is 0 Å². The smallest absolute Gasteiger partial charge is 0.162 e. The Kier molecular flexibility index (Phi) is 7.26. The third-order valence-corrected chi connectivity index (χ3v) is 3.32. The van der Waals surface area contributed by atoms with Crippen LogP contribution in [0.4, 0.5) is 5.69 Å². The van der Waals surface area contributed by atoms with E-state index >= 15 is 0 Å². The van der Waals surface area contributed by atoms with Crippen molar-refractivity contribution in [1.82, 2.24) is 0 Å². The summed E-state index contributed by atoms with van der Waals surface area (Å²) in [7, 11) is 3.40. The minimum absolute atomic E-state index is 0.171. The van der Waals surface area contributed by atoms with Crippen LogP contribution in [0.25, 0.3) is 0 Å². The number of hydrogen-bond donors (Lipinski definition) is 0. The maximum absolute atomic E-state index is 11.6. The number of nitrogens with zero attached hydrogens (tertiary/aromatic N) is 1. The van der Waals surface area contributed by atoms with Gasteiger partial charge in [-0.05, 0) is 31.2 Å². The van der Waals surface area contributed by atoms with Crippen molar-refractivity contribution in [3.63, 3.8) is 0 Å². The molecule has 0 N–H and O–H groups in total. The average Bonchev–Trinajstić information content (AvgIpc) is 2.48. The van der Waals surface area contributed by atoms with Crippen LogP contribution in [0.2, 0.25) is 0 Å². The minimum Gasteiger partial charge on any atom is -0.383 e. The van der Waals surface area contributed by atoms with Crippen LogP contribution >= 0.6 is 0 Å². The number of benzene rings is 1. The average molecular weight is 279 g/mol. The maximum Gasteiger partial charge on any atom is 0.162 e. The Bertz CT molecular complexity index is 403. The van der Waals surface area contributed by atoms with Gasteiger partial charge in [-0.3, -0.25) is 4.79 Å². The van der Waals surface area contributed by atoms with E-state index in [1.807, 2.05) is 31.2 Å². The predicted octanol–water partition coefficient (Wildman–Crippen LogP) is 2.77. The van der Waals surface area contributed by atoms with E-state index in [1.165, 1.54) is 0 Å². The van der Waals surface area contributed by atoms with Crippen LogP contribution in [-0.2, 0) is 9.47 Å². The summed E-state index contributed by atoms with van der Waals surface area (Å²) < 4.78 is 10.4. The molecular weight excluding hydrogens is 254 g/mol. The summed E-state index contributed by atoms with van der Waals surface area (Å²) in [6.45, 7) is 6.09. The second-order valence-corrected chi connectivity index (χ2v) is 4.81. The lowest BCUT2D eigenvalue weighted by Gasteiger charge is -2.31. The molecule has 0 fully saturated rings. The van der Waals surface area contributed by atoms with Gasteiger partial charge in [-0.2, -0.15) is 0 Å². The molecule has 1 aromatic rings. The number of methoxy groups -OCH3 is 2. The lowest BCUT2D eigenvalue weighted by Crippen LogP contribution is -2.38. The second-order valence-electron chi connectivity index (χ2n) is 4.81. The van der Waals surface area contributed by atoms with Gasteiger partial charge in [0.2, 0.25) is 0 Å². The van der Waals surface area contributed by atoms with Crippen LogP contribution in [0.3, 0.4) is 0 Å². The van der Waals surface area contributed by atoms with Gasteiger partial charge in [-0.1, -0.05) is 6.92 Å². The lowest BCUT2D eigenvalue weighted by molar-refractivity contribution is 0.0988. The standard InChI is InChI=1S/C16H25NO3/c1-5-16(18)14-6-8-15(9-7-14)17(10-11-19-3)13(2)12-20-4/h6-9,13H,5,10-12H2,1-4H3. The van der Waals surface area contributed by atoms with Crippen molar-refractivity contribution in [2.45, 2.75) is 26.3 Å². The Balaban J connectivity index is 2.86. The van der Waals surface area contributed by atoms with Gasteiger partial charge in [0, 0.05) is 44.5 Å². The van der Waals surface area contributed by atoms with E-state index in [2.05, 4.69) is 11.8 Å². The summed E-state index contributed by atoms with van der Waals surface area (Å²) in [5.41, 5.74) is 1.85. The van der Waals surface area contributed by atoms with E-state index in [-0.39, 0.29) is 11.8 Å². The first-order valence-electron chi connectivity index (χ1n) is 7.01. The van der Waals surface area contributed by atoms with Gasteiger partial charge in [0.15, 0.2) is 5.78 Å². The molecule has 0 saturated heterocycles. The number of anilines is 1. The molecule has 0 bridgehead atoms. The molecule has 112 valence electrons. The van der Waals surface area contributed by atoms with E-state index < -0.39 is 0 Å². The highest BCUT2D eigenvalue weighted by atomic mass is 16.5. The summed E-state index contributed by atoms with van der Waals surface area (Å²) in [5.74, 6) is 0.171. The van der Waals surface area contributed by atoms with Crippen LogP contribution in [0.1, 0.15) is 30.6 Å². The van der Waals surface area contributed by atoms with Crippen molar-refractivity contribution in [1.29, 1.82) is 0 Å². The molecule has 0 saturated carbocycles. The third-order valence-electron chi connectivity index (χ3n) is 3.32. The second kappa shape index (κ2) is 8.72. The summed E-state index contributed by atoms with van der Waals surface area (Å²) >= 11 is 0. The Labute approximate surface area is 121 Å². The van der Waals surface area contributed by atoms with Crippen LogP contribution in [0, 0.1) is 0 Å². The molecule has 0 aliphatic carbocycles. The normalized spacial score (nSPS) is 12.2. The van der Waals surface area contributed by atoms with Crippen molar-refractivity contribution < 1.29 is 14.3 Å². The molecule has 1 unspecified atom stereocenters. The van der Waals surface area contributed by atoms with Crippen LogP contribution in [-0.4, -0.2) is 45.8 Å². The molecule has 0 spiro atoms. The predicted molar refractivity (Wildman–Crippen MR) is 81.6 cm³/mol. The first-order chi connectivity index (χ1) is 9.63. The number of hydrogen-bond acceptors (Lipinski definition) is 4. The summed E-state index contributed by atoms with van der Waals surface area (Å²) in [4.78, 5) is 13.9. The Morgan fingerprint density at radius 3 is 2.35 bits per heavy atom. The molecule has 4 heteroatoms. The Morgan fingerprint density at radius 1 is 1.20 bits per heavy atom. The molecule has 0 aliphatic rings. The number of rotatable bonds is 9. The van der Waals surface area contributed by atoms with Crippen LogP contribution in [0.5, 0.6) is 0 Å². The largest absolute Gasteiger partial charge is 0.383 e. The molecule has 4 nitrogen and oxygen atoms in total. The fraction of sp³-hybridized carbons (Fsp3) is 0.562. The molecule has 1 aromatic carbocycles. The zero-order chi connectivity index (χ0) is 15.0. The highest BCUT2D eigenvalue weighted by molar-refractivity contribution is 5.96. The first kappa shape index (κ1) is 16.7. The first-order valence-corrected chi connectivity index (χ1v) is 7.01. The van der Waals surface area contributed by atoms with Gasteiger partial charge in [-0.15, -0.1) is 0 Å². The van der Waals surface area contributed by atoms with E-state index in [0.717, 1.165) is 17.8 Å². The molecule has 0 heterocycles. The molecule has 0 amide bonds. The van der Waals surface area contributed by atoms with E-state index in [0.29, 0.717) is 19.6 Å². The van der Waals surface area contributed by atoms with Crippen LogP contribution < -0.4 is 4.90 Å². The van der Waals surface area contributed by atoms with Gasteiger partial charge < -0.3 is 14.4 Å². The van der Waals surface area contributed by atoms with Gasteiger partial charge in [0.1, 0.15) is 0 Å². The lowest BCUT2D eigenvalue weighted by atomic mass is 10.1. The topological polar surface area (TPSA) is 38.8 Å². The molecule has 0 radical (unpaired) electrons. The third kappa shape index (κ3) is 4.62. The van der Waals surface area contributed by atoms with Crippen molar-refractivity contribution in [2.24, 2.45) is 0 Å².